The first-order chi connectivity index (χ1) is 11.1. The molecule has 2 aromatic rings. The smallest absolute Gasteiger partial charge is 0.243 e. The summed E-state index contributed by atoms with van der Waals surface area (Å²) in [5.74, 6) is 0.573. The van der Waals surface area contributed by atoms with Crippen molar-refractivity contribution < 1.29 is 9.53 Å². The van der Waals surface area contributed by atoms with E-state index in [1.807, 2.05) is 56.3 Å². The predicted molar refractivity (Wildman–Crippen MR) is 98.2 cm³/mol. The van der Waals surface area contributed by atoms with Crippen LogP contribution in [0.4, 0.5) is 11.4 Å². The number of ether oxygens (including phenoxy) is 1. The highest BCUT2D eigenvalue weighted by atomic mass is 79.9. The molecule has 0 radical (unpaired) electrons. The molecule has 0 aliphatic carbocycles. The van der Waals surface area contributed by atoms with Crippen LogP contribution in [-0.4, -0.2) is 19.1 Å². The van der Waals surface area contributed by atoms with Crippen molar-refractivity contribution in [3.63, 3.8) is 0 Å². The fourth-order valence-electron chi connectivity index (χ4n) is 2.04. The number of para-hydroxylation sites is 2. The molecule has 23 heavy (non-hydrogen) atoms. The van der Waals surface area contributed by atoms with Crippen LogP contribution < -0.4 is 15.4 Å². The number of hydrogen-bond donors (Lipinski definition) is 2. The molecule has 0 spiro atoms. The van der Waals surface area contributed by atoms with Gasteiger partial charge in [-0.25, -0.2) is 0 Å². The Balaban J connectivity index is 1.94. The Hall–Kier alpha value is -2.01. The van der Waals surface area contributed by atoms with Crippen LogP contribution in [0.15, 0.2) is 46.9 Å². The largest absolute Gasteiger partial charge is 0.491 e. The van der Waals surface area contributed by atoms with E-state index in [2.05, 4.69) is 26.6 Å². The second-order valence-corrected chi connectivity index (χ2v) is 6.08. The molecule has 1 amide bonds. The molecule has 4 nitrogen and oxygen atoms in total. The summed E-state index contributed by atoms with van der Waals surface area (Å²) in [6.07, 6.45) is 0.922. The lowest BCUT2D eigenvalue weighted by atomic mass is 10.2. The van der Waals surface area contributed by atoms with E-state index in [1.54, 1.807) is 0 Å². The van der Waals surface area contributed by atoms with Crippen molar-refractivity contribution in [2.45, 2.75) is 20.3 Å². The third kappa shape index (κ3) is 5.28. The molecule has 2 aromatic carbocycles. The zero-order valence-corrected chi connectivity index (χ0v) is 14.9. The van der Waals surface area contributed by atoms with Gasteiger partial charge >= 0.3 is 0 Å². The van der Waals surface area contributed by atoms with Crippen molar-refractivity contribution in [3.8, 4) is 5.75 Å². The first-order valence-electron chi connectivity index (χ1n) is 7.62. The molecule has 0 bridgehead atoms. The number of benzene rings is 2. The molecule has 0 unspecified atom stereocenters. The van der Waals surface area contributed by atoms with Gasteiger partial charge in [-0.05, 0) is 59.1 Å². The van der Waals surface area contributed by atoms with Gasteiger partial charge in [0, 0.05) is 10.2 Å². The molecule has 0 aliphatic heterocycles. The van der Waals surface area contributed by atoms with Crippen LogP contribution >= 0.6 is 15.9 Å². The Morgan fingerprint density at radius 1 is 1.17 bits per heavy atom. The second kappa shape index (κ2) is 8.58. The topological polar surface area (TPSA) is 50.4 Å². The van der Waals surface area contributed by atoms with E-state index in [4.69, 9.17) is 4.74 Å². The predicted octanol–water partition coefficient (Wildman–Crippen LogP) is 4.60. The average Bonchev–Trinajstić information content (AvgIpc) is 2.53. The first kappa shape index (κ1) is 17.3. The van der Waals surface area contributed by atoms with Gasteiger partial charge in [-0.15, -0.1) is 0 Å². The van der Waals surface area contributed by atoms with Crippen LogP contribution in [0.25, 0.3) is 0 Å². The molecular formula is C18H21BrN2O2. The Labute approximate surface area is 145 Å². The highest BCUT2D eigenvalue weighted by Gasteiger charge is 2.08. The normalized spacial score (nSPS) is 10.2. The van der Waals surface area contributed by atoms with Gasteiger partial charge in [-0.2, -0.15) is 0 Å². The van der Waals surface area contributed by atoms with Crippen molar-refractivity contribution in [2.75, 3.05) is 23.8 Å². The second-order valence-electron chi connectivity index (χ2n) is 5.23. The van der Waals surface area contributed by atoms with Crippen molar-refractivity contribution in [2.24, 2.45) is 0 Å². The third-order valence-corrected chi connectivity index (χ3v) is 3.84. The van der Waals surface area contributed by atoms with E-state index in [1.165, 1.54) is 0 Å². The van der Waals surface area contributed by atoms with Crippen LogP contribution in [0.2, 0.25) is 0 Å². The number of aryl methyl sites for hydroxylation is 1. The molecule has 0 aliphatic rings. The quantitative estimate of drug-likeness (QED) is 0.742. The van der Waals surface area contributed by atoms with Crippen LogP contribution in [-0.2, 0) is 4.79 Å². The van der Waals surface area contributed by atoms with E-state index >= 15 is 0 Å². The standard InChI is InChI=1S/C18H21BrN2O2/c1-3-10-23-17-7-5-4-6-16(17)21-18(22)12-20-15-9-8-13(2)11-14(15)19/h4-9,11,20H,3,10,12H2,1-2H3,(H,21,22). The summed E-state index contributed by atoms with van der Waals surface area (Å²) in [4.78, 5) is 12.1. The van der Waals surface area contributed by atoms with Crippen LogP contribution in [0.3, 0.4) is 0 Å². The molecule has 0 atom stereocenters. The van der Waals surface area contributed by atoms with Crippen molar-refractivity contribution in [3.05, 3.63) is 52.5 Å². The highest BCUT2D eigenvalue weighted by Crippen LogP contribution is 2.25. The maximum absolute atomic E-state index is 12.1. The number of carbonyl (C=O) groups excluding carboxylic acids is 1. The number of anilines is 2. The zero-order valence-electron chi connectivity index (χ0n) is 13.4. The fraction of sp³-hybridized carbons (Fsp3) is 0.278. The molecule has 0 fully saturated rings. The summed E-state index contributed by atoms with van der Waals surface area (Å²) in [5, 5.41) is 6.00. The van der Waals surface area contributed by atoms with Crippen molar-refractivity contribution in [1.29, 1.82) is 0 Å². The van der Waals surface area contributed by atoms with E-state index in [-0.39, 0.29) is 12.5 Å². The molecule has 0 heterocycles. The molecule has 0 saturated carbocycles. The zero-order chi connectivity index (χ0) is 16.7. The molecule has 0 saturated heterocycles. The van der Waals surface area contributed by atoms with Crippen molar-refractivity contribution >= 4 is 33.2 Å². The van der Waals surface area contributed by atoms with E-state index in [0.29, 0.717) is 18.0 Å². The summed E-state index contributed by atoms with van der Waals surface area (Å²) >= 11 is 3.49. The van der Waals surface area contributed by atoms with Gasteiger partial charge < -0.3 is 15.4 Å². The van der Waals surface area contributed by atoms with E-state index < -0.39 is 0 Å². The van der Waals surface area contributed by atoms with Crippen LogP contribution in [0.5, 0.6) is 5.75 Å². The number of nitrogens with one attached hydrogen (secondary N) is 2. The molecular weight excluding hydrogens is 356 g/mol. The Kier molecular flexibility index (Phi) is 6.47. The molecule has 0 aromatic heterocycles. The maximum atomic E-state index is 12.1. The lowest BCUT2D eigenvalue weighted by Gasteiger charge is -2.13. The Morgan fingerprint density at radius 3 is 2.70 bits per heavy atom. The van der Waals surface area contributed by atoms with Gasteiger partial charge in [-0.3, -0.25) is 4.79 Å². The fourth-order valence-corrected chi connectivity index (χ4v) is 2.67. The third-order valence-electron chi connectivity index (χ3n) is 3.19. The van der Waals surface area contributed by atoms with Crippen LogP contribution in [0, 0.1) is 6.92 Å². The minimum atomic E-state index is -0.120. The number of amides is 1. The highest BCUT2D eigenvalue weighted by molar-refractivity contribution is 9.10. The van der Waals surface area contributed by atoms with Crippen molar-refractivity contribution in [1.82, 2.24) is 0 Å². The summed E-state index contributed by atoms with van der Waals surface area (Å²) in [5.41, 5.74) is 2.74. The SMILES string of the molecule is CCCOc1ccccc1NC(=O)CNc1ccc(C)cc1Br. The van der Waals surface area contributed by atoms with E-state index in [0.717, 1.165) is 22.1 Å². The molecule has 2 N–H and O–H groups in total. The van der Waals surface area contributed by atoms with Gasteiger partial charge in [0.05, 0.1) is 18.8 Å². The minimum Gasteiger partial charge on any atom is -0.491 e. The summed E-state index contributed by atoms with van der Waals surface area (Å²) < 4.78 is 6.58. The first-order valence-corrected chi connectivity index (χ1v) is 8.41. The Bertz CT molecular complexity index is 674. The summed E-state index contributed by atoms with van der Waals surface area (Å²) in [7, 11) is 0. The van der Waals surface area contributed by atoms with E-state index in [9.17, 15) is 4.79 Å². The lowest BCUT2D eigenvalue weighted by Crippen LogP contribution is -2.22. The Morgan fingerprint density at radius 2 is 1.96 bits per heavy atom. The summed E-state index contributed by atoms with van der Waals surface area (Å²) in [6.45, 7) is 4.88. The number of rotatable bonds is 7. The molecule has 5 heteroatoms. The number of carbonyl (C=O) groups is 1. The van der Waals surface area contributed by atoms with Gasteiger partial charge in [0.1, 0.15) is 5.75 Å². The average molecular weight is 377 g/mol. The maximum Gasteiger partial charge on any atom is 0.243 e. The van der Waals surface area contributed by atoms with Gasteiger partial charge in [0.2, 0.25) is 5.91 Å². The number of halogens is 1. The minimum absolute atomic E-state index is 0.120. The molecule has 122 valence electrons. The van der Waals surface area contributed by atoms with Gasteiger partial charge in [-0.1, -0.05) is 25.1 Å². The summed E-state index contributed by atoms with van der Waals surface area (Å²) in [6, 6.07) is 13.4. The van der Waals surface area contributed by atoms with Gasteiger partial charge in [0.25, 0.3) is 0 Å². The molecule has 2 rings (SSSR count). The van der Waals surface area contributed by atoms with Crippen LogP contribution in [0.1, 0.15) is 18.9 Å². The lowest BCUT2D eigenvalue weighted by molar-refractivity contribution is -0.114. The monoisotopic (exact) mass is 376 g/mol. The number of hydrogen-bond acceptors (Lipinski definition) is 3. The van der Waals surface area contributed by atoms with Gasteiger partial charge in [0.15, 0.2) is 0 Å².